The molecule has 4 aromatic rings. The number of hydrogen-bond acceptors (Lipinski definition) is 5. The van der Waals surface area contributed by atoms with Crippen molar-refractivity contribution in [2.24, 2.45) is 0 Å². The summed E-state index contributed by atoms with van der Waals surface area (Å²) in [5.74, 6) is 0.407. The Bertz CT molecular complexity index is 1340. The van der Waals surface area contributed by atoms with E-state index in [-0.39, 0.29) is 5.91 Å². The lowest BCUT2D eigenvalue weighted by atomic mass is 10.1. The summed E-state index contributed by atoms with van der Waals surface area (Å²) in [6, 6.07) is 19.5. The number of rotatable bonds is 8. The molecule has 0 radical (unpaired) electrons. The zero-order valence-electron chi connectivity index (χ0n) is 21.3. The number of benzene rings is 3. The lowest BCUT2D eigenvalue weighted by molar-refractivity contribution is -0.128. The van der Waals surface area contributed by atoms with Crippen LogP contribution in [0.15, 0.2) is 60.7 Å². The number of anilines is 2. The van der Waals surface area contributed by atoms with Crippen molar-refractivity contribution in [3.05, 3.63) is 71.8 Å². The van der Waals surface area contributed by atoms with Crippen LogP contribution >= 0.6 is 0 Å². The van der Waals surface area contributed by atoms with Gasteiger partial charge in [-0.2, -0.15) is 4.80 Å². The van der Waals surface area contributed by atoms with E-state index in [1.807, 2.05) is 49.4 Å². The van der Waals surface area contributed by atoms with Crippen LogP contribution in [0.4, 0.5) is 11.4 Å². The molecule has 0 saturated heterocycles. The van der Waals surface area contributed by atoms with Gasteiger partial charge >= 0.3 is 0 Å². The van der Waals surface area contributed by atoms with Crippen molar-refractivity contribution >= 4 is 28.3 Å². The Labute approximate surface area is 206 Å². The molecule has 0 bridgehead atoms. The van der Waals surface area contributed by atoms with Gasteiger partial charge in [-0.15, -0.1) is 10.2 Å². The molecule has 1 heterocycles. The molecule has 1 aromatic heterocycles. The molecule has 0 aliphatic heterocycles. The third-order valence-corrected chi connectivity index (χ3v) is 6.16. The van der Waals surface area contributed by atoms with E-state index in [9.17, 15) is 4.79 Å². The summed E-state index contributed by atoms with van der Waals surface area (Å²) >= 11 is 0. The van der Waals surface area contributed by atoms with Gasteiger partial charge in [0.05, 0.1) is 5.69 Å². The van der Waals surface area contributed by atoms with Crippen molar-refractivity contribution in [1.29, 1.82) is 0 Å². The minimum Gasteiger partial charge on any atom is -0.478 e. The second kappa shape index (κ2) is 9.78. The first-order valence-electron chi connectivity index (χ1n) is 12.0. The summed E-state index contributed by atoms with van der Waals surface area (Å²) in [4.78, 5) is 17.0. The van der Waals surface area contributed by atoms with Crippen molar-refractivity contribution in [2.45, 2.75) is 47.1 Å². The molecule has 4 rings (SSSR count). The number of aromatic nitrogens is 3. The number of carbonyl (C=O) groups is 1. The summed E-state index contributed by atoms with van der Waals surface area (Å²) in [6.45, 7) is 13.8. The second-order valence-corrected chi connectivity index (χ2v) is 9.17. The molecule has 7 heteroatoms. The van der Waals surface area contributed by atoms with Crippen LogP contribution in [0.2, 0.25) is 0 Å². The number of nitrogens with one attached hydrogen (secondary N) is 1. The average molecular weight is 472 g/mol. The third kappa shape index (κ3) is 5.14. The third-order valence-electron chi connectivity index (χ3n) is 6.16. The lowest BCUT2D eigenvalue weighted by Gasteiger charge is -2.25. The van der Waals surface area contributed by atoms with Gasteiger partial charge < -0.3 is 15.0 Å². The van der Waals surface area contributed by atoms with Crippen LogP contribution in [0.3, 0.4) is 0 Å². The lowest BCUT2D eigenvalue weighted by Crippen LogP contribution is -2.42. The van der Waals surface area contributed by atoms with E-state index in [0.29, 0.717) is 17.0 Å². The van der Waals surface area contributed by atoms with Crippen LogP contribution in [0.1, 0.15) is 38.8 Å². The molecule has 0 spiro atoms. The van der Waals surface area contributed by atoms with Crippen LogP contribution in [-0.4, -0.2) is 39.6 Å². The molecule has 0 unspecified atom stereocenters. The van der Waals surface area contributed by atoms with Gasteiger partial charge in [-0.05, 0) is 95.1 Å². The predicted octanol–water partition coefficient (Wildman–Crippen LogP) is 5.68. The molecule has 3 aromatic carbocycles. The second-order valence-electron chi connectivity index (χ2n) is 9.17. The van der Waals surface area contributed by atoms with E-state index < -0.39 is 5.60 Å². The molecule has 0 aliphatic rings. The largest absolute Gasteiger partial charge is 0.478 e. The van der Waals surface area contributed by atoms with Gasteiger partial charge in [-0.25, -0.2) is 0 Å². The Morgan fingerprint density at radius 2 is 1.60 bits per heavy atom. The number of fused-ring (bicyclic) bond motifs is 1. The zero-order chi connectivity index (χ0) is 25.2. The normalized spacial score (nSPS) is 11.5. The number of aryl methyl sites for hydroxylation is 2. The molecule has 35 heavy (non-hydrogen) atoms. The number of nitrogens with zero attached hydrogens (tertiary/aromatic N) is 4. The van der Waals surface area contributed by atoms with E-state index in [1.165, 1.54) is 5.69 Å². The van der Waals surface area contributed by atoms with Gasteiger partial charge in [-0.1, -0.05) is 18.2 Å². The molecule has 0 fully saturated rings. The van der Waals surface area contributed by atoms with Crippen molar-refractivity contribution < 1.29 is 9.53 Å². The monoisotopic (exact) mass is 471 g/mol. The van der Waals surface area contributed by atoms with Gasteiger partial charge in [-0.3, -0.25) is 4.79 Å². The molecular weight excluding hydrogens is 438 g/mol. The van der Waals surface area contributed by atoms with Gasteiger partial charge in [0.25, 0.3) is 5.91 Å². The van der Waals surface area contributed by atoms with E-state index >= 15 is 0 Å². The predicted molar refractivity (Wildman–Crippen MR) is 142 cm³/mol. The summed E-state index contributed by atoms with van der Waals surface area (Å²) in [6.07, 6.45) is 0. The Balaban J connectivity index is 1.59. The first kappa shape index (κ1) is 24.3. The van der Waals surface area contributed by atoms with Crippen LogP contribution in [0.5, 0.6) is 5.75 Å². The maximum Gasteiger partial charge on any atom is 0.267 e. The number of para-hydroxylation sites is 1. The highest BCUT2D eigenvalue weighted by molar-refractivity contribution is 5.99. The average Bonchev–Trinajstić information content (AvgIpc) is 3.22. The Kier molecular flexibility index (Phi) is 6.78. The Morgan fingerprint density at radius 3 is 2.23 bits per heavy atom. The van der Waals surface area contributed by atoms with Crippen LogP contribution < -0.4 is 15.0 Å². The molecule has 0 aliphatic carbocycles. The fraction of sp³-hybridized carbons (Fsp3) is 0.321. The van der Waals surface area contributed by atoms with Crippen LogP contribution in [-0.2, 0) is 4.79 Å². The fourth-order valence-corrected chi connectivity index (χ4v) is 4.06. The first-order chi connectivity index (χ1) is 16.7. The van der Waals surface area contributed by atoms with Gasteiger partial charge in [0.1, 0.15) is 16.8 Å². The van der Waals surface area contributed by atoms with Crippen molar-refractivity contribution in [3.63, 3.8) is 0 Å². The summed E-state index contributed by atoms with van der Waals surface area (Å²) in [7, 11) is 0. The van der Waals surface area contributed by atoms with Gasteiger partial charge in [0, 0.05) is 24.5 Å². The first-order valence-corrected chi connectivity index (χ1v) is 12.0. The fourth-order valence-electron chi connectivity index (χ4n) is 4.06. The SMILES string of the molecule is CCN(CC)c1ccc(-n2nc3cc(C)c(NC(=O)C(C)(C)Oc4ccccc4)cc3n2)c(C)c1. The smallest absolute Gasteiger partial charge is 0.267 e. The van der Waals surface area contributed by atoms with E-state index in [4.69, 9.17) is 14.9 Å². The van der Waals surface area contributed by atoms with Crippen LogP contribution in [0.25, 0.3) is 16.7 Å². The molecular formula is C28H33N5O2. The number of ether oxygens (including phenoxy) is 1. The minimum absolute atomic E-state index is 0.237. The van der Waals surface area contributed by atoms with E-state index in [1.54, 1.807) is 18.6 Å². The van der Waals surface area contributed by atoms with E-state index in [2.05, 4.69) is 49.2 Å². The highest BCUT2D eigenvalue weighted by Gasteiger charge is 2.30. The molecule has 0 atom stereocenters. The standard InChI is InChI=1S/C28H33N5O2/c1-7-32(8-2)21-14-15-26(20(4)16-21)33-30-24-17-19(3)23(18-25(24)31-33)29-27(34)28(5,6)35-22-12-10-9-11-13-22/h9-18H,7-8H2,1-6H3,(H,29,34). The van der Waals surface area contributed by atoms with Crippen molar-refractivity contribution in [1.82, 2.24) is 15.0 Å². The maximum atomic E-state index is 13.1. The van der Waals surface area contributed by atoms with E-state index in [0.717, 1.165) is 35.4 Å². The number of amides is 1. The van der Waals surface area contributed by atoms with Crippen molar-refractivity contribution in [3.8, 4) is 11.4 Å². The molecule has 7 nitrogen and oxygen atoms in total. The minimum atomic E-state index is -1.05. The molecule has 182 valence electrons. The highest BCUT2D eigenvalue weighted by Crippen LogP contribution is 2.26. The quantitative estimate of drug-likeness (QED) is 0.358. The Morgan fingerprint density at radius 1 is 0.943 bits per heavy atom. The van der Waals surface area contributed by atoms with Crippen LogP contribution in [0, 0.1) is 13.8 Å². The van der Waals surface area contributed by atoms with Gasteiger partial charge in [0.15, 0.2) is 5.60 Å². The maximum absolute atomic E-state index is 13.1. The molecule has 1 amide bonds. The summed E-state index contributed by atoms with van der Waals surface area (Å²) < 4.78 is 5.93. The molecule has 1 N–H and O–H groups in total. The summed E-state index contributed by atoms with van der Waals surface area (Å²) in [5.41, 5.74) is 5.23. The topological polar surface area (TPSA) is 72.3 Å². The zero-order valence-corrected chi connectivity index (χ0v) is 21.3. The van der Waals surface area contributed by atoms with Gasteiger partial charge in [0.2, 0.25) is 0 Å². The Hall–Kier alpha value is -3.87. The number of carbonyl (C=O) groups excluding carboxylic acids is 1. The number of hydrogen-bond donors (Lipinski definition) is 1. The molecule has 0 saturated carbocycles. The summed E-state index contributed by atoms with van der Waals surface area (Å²) in [5, 5.41) is 12.4. The van der Waals surface area contributed by atoms with Crippen molar-refractivity contribution in [2.75, 3.05) is 23.3 Å². The highest BCUT2D eigenvalue weighted by atomic mass is 16.5.